The van der Waals surface area contributed by atoms with Gasteiger partial charge in [0.2, 0.25) is 0 Å². The quantitative estimate of drug-likeness (QED) is 0.894. The Hall–Kier alpha value is -0.580. The largest absolute Gasteiger partial charge is 0.493 e. The molecule has 1 heterocycles. The Morgan fingerprint density at radius 3 is 2.89 bits per heavy atom. The van der Waals surface area contributed by atoms with Crippen LogP contribution in [-0.4, -0.2) is 23.9 Å². The maximum Gasteiger partial charge on any atom is 0.127 e. The first-order chi connectivity index (χ1) is 9.16. The zero-order valence-corrected chi connectivity index (χ0v) is 12.6. The van der Waals surface area contributed by atoms with Crippen LogP contribution in [0.15, 0.2) is 16.6 Å². The van der Waals surface area contributed by atoms with Crippen molar-refractivity contribution in [3.8, 4) is 5.75 Å². The van der Waals surface area contributed by atoms with Gasteiger partial charge >= 0.3 is 0 Å². The van der Waals surface area contributed by atoms with Gasteiger partial charge in [-0.05, 0) is 30.5 Å². The first-order valence-electron chi connectivity index (χ1n) is 7.03. The summed E-state index contributed by atoms with van der Waals surface area (Å²) in [4.78, 5) is 0. The predicted molar refractivity (Wildman–Crippen MR) is 78.5 cm³/mol. The molecule has 0 aromatic heterocycles. The molecule has 1 aliphatic heterocycles. The molecule has 2 aliphatic rings. The summed E-state index contributed by atoms with van der Waals surface area (Å²) in [6.45, 7) is 2.21. The van der Waals surface area contributed by atoms with Crippen LogP contribution in [0.1, 0.15) is 36.8 Å². The Morgan fingerprint density at radius 2 is 2.11 bits per heavy atom. The number of aliphatic hydroxyl groups is 1. The van der Waals surface area contributed by atoms with Crippen LogP contribution in [0.25, 0.3) is 0 Å². The first kappa shape index (κ1) is 13.4. The molecule has 0 saturated heterocycles. The van der Waals surface area contributed by atoms with Crippen LogP contribution >= 0.6 is 15.9 Å². The molecule has 0 unspecified atom stereocenters. The van der Waals surface area contributed by atoms with Gasteiger partial charge in [-0.1, -0.05) is 28.8 Å². The van der Waals surface area contributed by atoms with E-state index in [1.165, 1.54) is 11.1 Å². The van der Waals surface area contributed by atoms with Gasteiger partial charge in [-0.15, -0.1) is 0 Å². The molecular weight excluding hydrogens is 306 g/mol. The molecule has 0 radical (unpaired) electrons. The van der Waals surface area contributed by atoms with E-state index in [2.05, 4.69) is 33.4 Å². The predicted octanol–water partition coefficient (Wildman–Crippen LogP) is 2.78. The van der Waals surface area contributed by atoms with Gasteiger partial charge in [-0.3, -0.25) is 0 Å². The molecule has 1 aromatic carbocycles. The van der Waals surface area contributed by atoms with Crippen LogP contribution in [0.5, 0.6) is 5.75 Å². The van der Waals surface area contributed by atoms with Crippen molar-refractivity contribution in [2.75, 3.05) is 13.2 Å². The molecule has 2 N–H and O–H groups in total. The van der Waals surface area contributed by atoms with E-state index in [1.807, 2.05) is 0 Å². The van der Waals surface area contributed by atoms with E-state index in [9.17, 15) is 5.11 Å². The zero-order chi connectivity index (χ0) is 13.3. The second-order valence-corrected chi connectivity index (χ2v) is 6.60. The van der Waals surface area contributed by atoms with Gasteiger partial charge in [-0.2, -0.15) is 0 Å². The van der Waals surface area contributed by atoms with Crippen LogP contribution in [0, 0.1) is 0 Å². The summed E-state index contributed by atoms with van der Waals surface area (Å²) in [5.74, 6) is 1.04. The highest BCUT2D eigenvalue weighted by Gasteiger charge is 2.30. The summed E-state index contributed by atoms with van der Waals surface area (Å²) < 4.78 is 6.81. The average molecular weight is 326 g/mol. The first-order valence-corrected chi connectivity index (χ1v) is 7.83. The summed E-state index contributed by atoms with van der Waals surface area (Å²) in [7, 11) is 0. The molecule has 104 valence electrons. The highest BCUT2D eigenvalue weighted by molar-refractivity contribution is 9.10. The standard InChI is InChI=1S/C15H20BrNO2/c16-13-7-11-3-6-19-14(11)12(8-13)9-17-10-15(18)4-1-2-5-15/h7-8,17-18H,1-6,9-10H2. The van der Waals surface area contributed by atoms with E-state index in [1.54, 1.807) is 0 Å². The molecule has 1 fully saturated rings. The number of ether oxygens (including phenoxy) is 1. The molecular formula is C15H20BrNO2. The Morgan fingerprint density at radius 1 is 1.32 bits per heavy atom. The number of benzene rings is 1. The number of fused-ring (bicyclic) bond motifs is 1. The topological polar surface area (TPSA) is 41.5 Å². The Balaban J connectivity index is 1.64. The van der Waals surface area contributed by atoms with E-state index in [-0.39, 0.29) is 0 Å². The van der Waals surface area contributed by atoms with Crippen LogP contribution < -0.4 is 10.1 Å². The summed E-state index contributed by atoms with van der Waals surface area (Å²) in [5, 5.41) is 13.7. The maximum atomic E-state index is 10.3. The highest BCUT2D eigenvalue weighted by Crippen LogP contribution is 2.33. The smallest absolute Gasteiger partial charge is 0.127 e. The number of rotatable bonds is 4. The van der Waals surface area contributed by atoms with Crippen LogP contribution in [0.3, 0.4) is 0 Å². The zero-order valence-electron chi connectivity index (χ0n) is 11.0. The third-order valence-electron chi connectivity index (χ3n) is 4.13. The minimum atomic E-state index is -0.490. The third-order valence-corrected chi connectivity index (χ3v) is 4.59. The van der Waals surface area contributed by atoms with Crippen molar-refractivity contribution in [1.29, 1.82) is 0 Å². The Labute approximate surface area is 122 Å². The number of hydrogen-bond acceptors (Lipinski definition) is 3. The van der Waals surface area contributed by atoms with Gasteiger partial charge in [0.25, 0.3) is 0 Å². The molecule has 3 nitrogen and oxygen atoms in total. The monoisotopic (exact) mass is 325 g/mol. The molecule has 1 aromatic rings. The van der Waals surface area contributed by atoms with E-state index in [0.29, 0.717) is 6.54 Å². The summed E-state index contributed by atoms with van der Waals surface area (Å²) in [6.07, 6.45) is 5.13. The third kappa shape index (κ3) is 2.96. The lowest BCUT2D eigenvalue weighted by Crippen LogP contribution is -2.37. The van der Waals surface area contributed by atoms with E-state index >= 15 is 0 Å². The van der Waals surface area contributed by atoms with Crippen molar-refractivity contribution in [3.63, 3.8) is 0 Å². The lowest BCUT2D eigenvalue weighted by Gasteiger charge is -2.22. The van der Waals surface area contributed by atoms with Gasteiger partial charge in [0.05, 0.1) is 12.2 Å². The molecule has 3 rings (SSSR count). The molecule has 1 saturated carbocycles. The normalized spacial score (nSPS) is 20.3. The molecule has 4 heteroatoms. The fourth-order valence-electron chi connectivity index (χ4n) is 3.12. The van der Waals surface area contributed by atoms with Crippen molar-refractivity contribution >= 4 is 15.9 Å². The number of hydrogen-bond donors (Lipinski definition) is 2. The minimum absolute atomic E-state index is 0.490. The van der Waals surface area contributed by atoms with Crippen molar-refractivity contribution in [1.82, 2.24) is 5.32 Å². The van der Waals surface area contributed by atoms with Crippen LogP contribution in [0.4, 0.5) is 0 Å². The van der Waals surface area contributed by atoms with E-state index in [0.717, 1.165) is 55.5 Å². The Kier molecular flexibility index (Phi) is 3.83. The van der Waals surface area contributed by atoms with Gasteiger partial charge in [-0.25, -0.2) is 0 Å². The molecule has 19 heavy (non-hydrogen) atoms. The van der Waals surface area contributed by atoms with Crippen molar-refractivity contribution in [2.45, 2.75) is 44.2 Å². The molecule has 0 atom stereocenters. The van der Waals surface area contributed by atoms with E-state index in [4.69, 9.17) is 4.74 Å². The van der Waals surface area contributed by atoms with Gasteiger partial charge in [0, 0.05) is 29.5 Å². The SMILES string of the molecule is OC1(CNCc2cc(Br)cc3c2OCC3)CCCC1. The lowest BCUT2D eigenvalue weighted by molar-refractivity contribution is 0.0474. The number of halogens is 1. The van der Waals surface area contributed by atoms with Gasteiger partial charge < -0.3 is 15.2 Å². The second-order valence-electron chi connectivity index (χ2n) is 5.69. The fourth-order valence-corrected chi connectivity index (χ4v) is 3.67. The molecule has 0 spiro atoms. The number of nitrogens with one attached hydrogen (secondary N) is 1. The summed E-state index contributed by atoms with van der Waals surface area (Å²) in [6, 6.07) is 4.24. The van der Waals surface area contributed by atoms with Crippen LogP contribution in [0.2, 0.25) is 0 Å². The molecule has 1 aliphatic carbocycles. The maximum absolute atomic E-state index is 10.3. The summed E-state index contributed by atoms with van der Waals surface area (Å²) >= 11 is 3.55. The van der Waals surface area contributed by atoms with Crippen molar-refractivity contribution < 1.29 is 9.84 Å². The average Bonchev–Trinajstić information content (AvgIpc) is 2.98. The lowest BCUT2D eigenvalue weighted by atomic mass is 10.0. The molecule has 0 bridgehead atoms. The van der Waals surface area contributed by atoms with Gasteiger partial charge in [0.15, 0.2) is 0 Å². The van der Waals surface area contributed by atoms with Crippen LogP contribution in [-0.2, 0) is 13.0 Å². The van der Waals surface area contributed by atoms with Crippen molar-refractivity contribution in [2.24, 2.45) is 0 Å². The second kappa shape index (κ2) is 5.43. The Bertz CT molecular complexity index is 469. The van der Waals surface area contributed by atoms with E-state index < -0.39 is 5.60 Å². The highest BCUT2D eigenvalue weighted by atomic mass is 79.9. The van der Waals surface area contributed by atoms with Gasteiger partial charge in [0.1, 0.15) is 5.75 Å². The minimum Gasteiger partial charge on any atom is -0.493 e. The fraction of sp³-hybridized carbons (Fsp3) is 0.600. The summed E-state index contributed by atoms with van der Waals surface area (Å²) in [5.41, 5.74) is 1.98. The van der Waals surface area contributed by atoms with Crippen molar-refractivity contribution in [3.05, 3.63) is 27.7 Å². The molecule has 0 amide bonds.